The van der Waals surface area contributed by atoms with Crippen molar-refractivity contribution in [1.82, 2.24) is 4.98 Å². The number of nitrogens with one attached hydrogen (secondary N) is 2. The second-order valence-corrected chi connectivity index (χ2v) is 5.73. The molecular formula is C19H24N2O4. The number of hydrogen-bond donors (Lipinski definition) is 2. The number of benzene rings is 1. The van der Waals surface area contributed by atoms with E-state index >= 15 is 0 Å². The highest BCUT2D eigenvalue weighted by atomic mass is 16.5. The van der Waals surface area contributed by atoms with E-state index in [0.717, 1.165) is 28.3 Å². The zero-order chi connectivity index (χ0) is 18.4. The molecule has 0 aliphatic rings. The average molecular weight is 344 g/mol. The molecule has 0 bridgehead atoms. The second-order valence-electron chi connectivity index (χ2n) is 5.73. The Hall–Kier alpha value is -2.76. The number of anilines is 1. The van der Waals surface area contributed by atoms with Crippen molar-refractivity contribution in [3.05, 3.63) is 46.8 Å². The van der Waals surface area contributed by atoms with Crippen molar-refractivity contribution in [1.29, 1.82) is 0 Å². The number of aromatic nitrogens is 1. The number of aryl methyl sites for hydroxylation is 1. The van der Waals surface area contributed by atoms with Gasteiger partial charge in [-0.25, -0.2) is 4.79 Å². The maximum Gasteiger partial charge on any atom is 0.355 e. The minimum atomic E-state index is -0.364. The Balaban J connectivity index is 1.98. The molecule has 0 radical (unpaired) electrons. The standard InChI is InChI=1S/C19H24N2O4/c1-5-25-19(23)18-12(2)16(13(3)20-18)10-11-17(22)21-14-6-8-15(24-4)9-7-14/h6-9,20H,5,10-11H2,1-4H3,(H,21,22). The first-order valence-electron chi connectivity index (χ1n) is 8.25. The molecule has 2 aromatic rings. The van der Waals surface area contributed by atoms with Crippen LogP contribution in [0.2, 0.25) is 0 Å². The molecule has 6 nitrogen and oxygen atoms in total. The highest BCUT2D eigenvalue weighted by Crippen LogP contribution is 2.21. The van der Waals surface area contributed by atoms with Gasteiger partial charge in [0.05, 0.1) is 13.7 Å². The Labute approximate surface area is 147 Å². The zero-order valence-corrected chi connectivity index (χ0v) is 15.1. The van der Waals surface area contributed by atoms with Gasteiger partial charge >= 0.3 is 5.97 Å². The smallest absolute Gasteiger partial charge is 0.355 e. The molecule has 1 amide bonds. The van der Waals surface area contributed by atoms with Gasteiger partial charge in [0, 0.05) is 17.8 Å². The number of methoxy groups -OCH3 is 1. The van der Waals surface area contributed by atoms with E-state index in [0.29, 0.717) is 25.1 Å². The average Bonchev–Trinajstić information content (AvgIpc) is 2.88. The van der Waals surface area contributed by atoms with Crippen molar-refractivity contribution in [2.45, 2.75) is 33.6 Å². The summed E-state index contributed by atoms with van der Waals surface area (Å²) < 4.78 is 10.1. The van der Waals surface area contributed by atoms with Gasteiger partial charge < -0.3 is 19.8 Å². The Bertz CT molecular complexity index is 748. The summed E-state index contributed by atoms with van der Waals surface area (Å²) in [6.07, 6.45) is 0.878. The Morgan fingerprint density at radius 1 is 1.16 bits per heavy atom. The monoisotopic (exact) mass is 344 g/mol. The van der Waals surface area contributed by atoms with E-state index in [1.807, 2.05) is 13.8 Å². The first kappa shape index (κ1) is 18.6. The fraction of sp³-hybridized carbons (Fsp3) is 0.368. The van der Waals surface area contributed by atoms with Crippen molar-refractivity contribution >= 4 is 17.6 Å². The van der Waals surface area contributed by atoms with Crippen molar-refractivity contribution < 1.29 is 19.1 Å². The minimum absolute atomic E-state index is 0.0807. The summed E-state index contributed by atoms with van der Waals surface area (Å²) in [4.78, 5) is 27.1. The van der Waals surface area contributed by atoms with Gasteiger partial charge in [0.25, 0.3) is 0 Å². The largest absolute Gasteiger partial charge is 0.497 e. The molecule has 134 valence electrons. The van der Waals surface area contributed by atoms with E-state index in [2.05, 4.69) is 10.3 Å². The van der Waals surface area contributed by atoms with E-state index < -0.39 is 0 Å². The maximum atomic E-state index is 12.2. The SMILES string of the molecule is CCOC(=O)c1[nH]c(C)c(CCC(=O)Nc2ccc(OC)cc2)c1C. The van der Waals surface area contributed by atoms with Crippen LogP contribution in [0.1, 0.15) is 40.7 Å². The molecule has 6 heteroatoms. The number of H-pyrrole nitrogens is 1. The summed E-state index contributed by atoms with van der Waals surface area (Å²) in [5.74, 6) is 0.294. The fourth-order valence-corrected chi connectivity index (χ4v) is 2.71. The van der Waals surface area contributed by atoms with Crippen molar-refractivity contribution in [2.24, 2.45) is 0 Å². The highest BCUT2D eigenvalue weighted by Gasteiger charge is 2.18. The molecule has 0 aliphatic carbocycles. The van der Waals surface area contributed by atoms with E-state index in [1.54, 1.807) is 38.3 Å². The van der Waals surface area contributed by atoms with Crippen LogP contribution >= 0.6 is 0 Å². The van der Waals surface area contributed by atoms with Crippen LogP contribution in [0, 0.1) is 13.8 Å². The summed E-state index contributed by atoms with van der Waals surface area (Å²) in [7, 11) is 1.60. The van der Waals surface area contributed by atoms with Gasteiger partial charge in [0.1, 0.15) is 11.4 Å². The fourth-order valence-electron chi connectivity index (χ4n) is 2.71. The number of amides is 1. The van der Waals surface area contributed by atoms with E-state index in [-0.39, 0.29) is 11.9 Å². The molecule has 0 aliphatic heterocycles. The Kier molecular flexibility index (Phi) is 6.22. The van der Waals surface area contributed by atoms with E-state index in [1.165, 1.54) is 0 Å². The third kappa shape index (κ3) is 4.62. The predicted molar refractivity (Wildman–Crippen MR) is 96.2 cm³/mol. The molecule has 1 heterocycles. The summed E-state index contributed by atoms with van der Waals surface area (Å²) in [6, 6.07) is 7.17. The third-order valence-corrected chi connectivity index (χ3v) is 4.05. The first-order valence-corrected chi connectivity index (χ1v) is 8.25. The van der Waals surface area contributed by atoms with E-state index in [4.69, 9.17) is 9.47 Å². The van der Waals surface area contributed by atoms with Crippen LogP contribution in [-0.2, 0) is 16.0 Å². The predicted octanol–water partition coefficient (Wildman–Crippen LogP) is 3.39. The van der Waals surface area contributed by atoms with Gasteiger partial charge in [-0.1, -0.05) is 0 Å². The topological polar surface area (TPSA) is 80.4 Å². The summed E-state index contributed by atoms with van der Waals surface area (Å²) in [5, 5.41) is 2.86. The van der Waals surface area contributed by atoms with Gasteiger partial charge in [0.2, 0.25) is 5.91 Å². The number of carbonyl (C=O) groups excluding carboxylic acids is 2. The Morgan fingerprint density at radius 3 is 2.44 bits per heavy atom. The van der Waals surface area contributed by atoms with Crippen LogP contribution in [0.15, 0.2) is 24.3 Å². The van der Waals surface area contributed by atoms with Crippen LogP contribution in [-0.4, -0.2) is 30.6 Å². The summed E-state index contributed by atoms with van der Waals surface area (Å²) in [6.45, 7) is 5.86. The van der Waals surface area contributed by atoms with Gasteiger partial charge in [-0.05, 0) is 62.6 Å². The summed E-state index contributed by atoms with van der Waals surface area (Å²) >= 11 is 0. The van der Waals surface area contributed by atoms with Gasteiger partial charge in [-0.2, -0.15) is 0 Å². The van der Waals surface area contributed by atoms with Crippen LogP contribution in [0.3, 0.4) is 0 Å². The molecule has 0 saturated carbocycles. The quantitative estimate of drug-likeness (QED) is 0.755. The lowest BCUT2D eigenvalue weighted by molar-refractivity contribution is -0.116. The number of aromatic amines is 1. The number of hydrogen-bond acceptors (Lipinski definition) is 4. The first-order chi connectivity index (χ1) is 12.0. The number of rotatable bonds is 7. The molecule has 2 rings (SSSR count). The normalized spacial score (nSPS) is 10.4. The van der Waals surface area contributed by atoms with Crippen molar-refractivity contribution in [3.63, 3.8) is 0 Å². The van der Waals surface area contributed by atoms with Crippen molar-refractivity contribution in [2.75, 3.05) is 19.0 Å². The van der Waals surface area contributed by atoms with Crippen LogP contribution in [0.25, 0.3) is 0 Å². The maximum absolute atomic E-state index is 12.2. The molecule has 1 aromatic carbocycles. The number of ether oxygens (including phenoxy) is 2. The molecule has 0 spiro atoms. The van der Waals surface area contributed by atoms with Gasteiger partial charge in [0.15, 0.2) is 0 Å². The zero-order valence-electron chi connectivity index (χ0n) is 15.1. The third-order valence-electron chi connectivity index (χ3n) is 4.05. The summed E-state index contributed by atoms with van der Waals surface area (Å²) in [5.41, 5.74) is 3.89. The van der Waals surface area contributed by atoms with Crippen LogP contribution < -0.4 is 10.1 Å². The van der Waals surface area contributed by atoms with Crippen LogP contribution in [0.4, 0.5) is 5.69 Å². The molecule has 0 atom stereocenters. The molecule has 0 fully saturated rings. The lowest BCUT2D eigenvalue weighted by Crippen LogP contribution is -2.12. The molecule has 1 aromatic heterocycles. The molecule has 2 N–H and O–H groups in total. The highest BCUT2D eigenvalue weighted by molar-refractivity contribution is 5.91. The Morgan fingerprint density at radius 2 is 1.84 bits per heavy atom. The molecule has 0 saturated heterocycles. The lowest BCUT2D eigenvalue weighted by atomic mass is 10.0. The molecule has 25 heavy (non-hydrogen) atoms. The van der Waals surface area contributed by atoms with Gasteiger partial charge in [-0.3, -0.25) is 4.79 Å². The van der Waals surface area contributed by atoms with E-state index in [9.17, 15) is 9.59 Å². The van der Waals surface area contributed by atoms with Crippen molar-refractivity contribution in [3.8, 4) is 5.75 Å². The minimum Gasteiger partial charge on any atom is -0.497 e. The lowest BCUT2D eigenvalue weighted by Gasteiger charge is -2.07. The number of carbonyl (C=O) groups is 2. The second kappa shape index (κ2) is 8.37. The van der Waals surface area contributed by atoms with Crippen LogP contribution in [0.5, 0.6) is 5.75 Å². The molecule has 0 unspecified atom stereocenters. The molecular weight excluding hydrogens is 320 g/mol. The number of esters is 1. The van der Waals surface area contributed by atoms with Gasteiger partial charge in [-0.15, -0.1) is 0 Å².